The van der Waals surface area contributed by atoms with Gasteiger partial charge in [-0.15, -0.1) is 0 Å². The first kappa shape index (κ1) is 13.3. The molecule has 92 valence electrons. The zero-order chi connectivity index (χ0) is 12.8. The van der Waals surface area contributed by atoms with Crippen LogP contribution in [0.25, 0.3) is 0 Å². The van der Waals surface area contributed by atoms with Crippen LogP contribution in [0, 0.1) is 6.92 Å². The highest BCUT2D eigenvalue weighted by Crippen LogP contribution is 2.27. The van der Waals surface area contributed by atoms with Crippen molar-refractivity contribution in [3.8, 4) is 5.75 Å². The average Bonchev–Trinajstić information content (AvgIpc) is 2.27. The van der Waals surface area contributed by atoms with E-state index in [1.807, 2.05) is 44.2 Å². The molecule has 0 saturated carbocycles. The minimum atomic E-state index is -0.789. The minimum absolute atomic E-state index is 0.0802. The van der Waals surface area contributed by atoms with Crippen LogP contribution in [0.2, 0.25) is 0 Å². The third-order valence-corrected chi connectivity index (χ3v) is 2.70. The van der Waals surface area contributed by atoms with E-state index >= 15 is 0 Å². The van der Waals surface area contributed by atoms with E-state index in [0.717, 1.165) is 16.9 Å². The van der Waals surface area contributed by atoms with Crippen molar-refractivity contribution in [2.45, 2.75) is 26.2 Å². The molecule has 0 radical (unpaired) electrons. The lowest BCUT2D eigenvalue weighted by molar-refractivity contribution is -0.137. The Morgan fingerprint density at radius 3 is 2.71 bits per heavy atom. The minimum Gasteiger partial charge on any atom is -0.497 e. The van der Waals surface area contributed by atoms with Gasteiger partial charge < -0.3 is 9.84 Å². The van der Waals surface area contributed by atoms with Crippen LogP contribution in [0.5, 0.6) is 5.75 Å². The number of carboxylic acids is 1. The molecule has 1 aromatic rings. The number of aryl methyl sites for hydroxylation is 1. The van der Waals surface area contributed by atoms with Gasteiger partial charge in [-0.3, -0.25) is 4.79 Å². The van der Waals surface area contributed by atoms with Crippen molar-refractivity contribution in [3.63, 3.8) is 0 Å². The van der Waals surface area contributed by atoms with E-state index in [1.165, 1.54) is 0 Å². The van der Waals surface area contributed by atoms with Gasteiger partial charge in [-0.25, -0.2) is 0 Å². The highest BCUT2D eigenvalue weighted by Gasteiger charge is 2.14. The average molecular weight is 234 g/mol. The second kappa shape index (κ2) is 6.09. The number of hydrogen-bond donors (Lipinski definition) is 1. The molecule has 1 rings (SSSR count). The quantitative estimate of drug-likeness (QED) is 0.796. The topological polar surface area (TPSA) is 46.5 Å². The van der Waals surface area contributed by atoms with Crippen LogP contribution >= 0.6 is 0 Å². The molecule has 1 N–H and O–H groups in total. The van der Waals surface area contributed by atoms with Crippen molar-refractivity contribution in [2.24, 2.45) is 0 Å². The zero-order valence-corrected chi connectivity index (χ0v) is 10.4. The number of rotatable bonds is 5. The molecule has 0 aliphatic rings. The molecular weight excluding hydrogens is 216 g/mol. The van der Waals surface area contributed by atoms with Crippen LogP contribution in [0.1, 0.15) is 30.4 Å². The molecule has 1 aromatic carbocycles. The van der Waals surface area contributed by atoms with Crippen LogP contribution in [0.3, 0.4) is 0 Å². The number of methoxy groups -OCH3 is 1. The number of allylic oxidation sites excluding steroid dienone is 2. The Labute approximate surface area is 102 Å². The van der Waals surface area contributed by atoms with Crippen LogP contribution < -0.4 is 4.74 Å². The van der Waals surface area contributed by atoms with Gasteiger partial charge in [0.25, 0.3) is 0 Å². The SMILES string of the molecule is C/C=C/C(CC(=O)O)c1ccc(OC)cc1C. The van der Waals surface area contributed by atoms with Crippen molar-refractivity contribution in [1.82, 2.24) is 0 Å². The lowest BCUT2D eigenvalue weighted by Gasteiger charge is -2.14. The molecule has 0 saturated heterocycles. The van der Waals surface area contributed by atoms with Gasteiger partial charge in [0.05, 0.1) is 13.5 Å². The monoisotopic (exact) mass is 234 g/mol. The summed E-state index contributed by atoms with van der Waals surface area (Å²) in [4.78, 5) is 10.8. The van der Waals surface area contributed by atoms with Gasteiger partial charge in [0.15, 0.2) is 0 Å². The second-order valence-electron chi connectivity index (χ2n) is 3.95. The Balaban J connectivity index is 3.05. The molecule has 17 heavy (non-hydrogen) atoms. The molecule has 1 unspecified atom stereocenters. The molecule has 0 aliphatic carbocycles. The summed E-state index contributed by atoms with van der Waals surface area (Å²) in [6.07, 6.45) is 3.91. The number of benzene rings is 1. The maximum absolute atomic E-state index is 10.8. The van der Waals surface area contributed by atoms with Gasteiger partial charge in [-0.05, 0) is 37.1 Å². The molecule has 0 fully saturated rings. The molecule has 3 heteroatoms. The Kier molecular flexibility index (Phi) is 4.76. The fourth-order valence-corrected chi connectivity index (χ4v) is 1.89. The molecule has 0 spiro atoms. The molecule has 0 aliphatic heterocycles. The standard InChI is InChI=1S/C14H18O3/c1-4-5-11(9-14(15)16)13-7-6-12(17-3)8-10(13)2/h4-8,11H,9H2,1-3H3,(H,15,16)/b5-4+. The summed E-state index contributed by atoms with van der Waals surface area (Å²) < 4.78 is 5.14. The summed E-state index contributed by atoms with van der Waals surface area (Å²) in [5.41, 5.74) is 2.08. The van der Waals surface area contributed by atoms with Gasteiger partial charge in [0.1, 0.15) is 5.75 Å². The number of ether oxygens (including phenoxy) is 1. The van der Waals surface area contributed by atoms with E-state index in [1.54, 1.807) is 7.11 Å². The summed E-state index contributed by atoms with van der Waals surface area (Å²) >= 11 is 0. The predicted octanol–water partition coefficient (Wildman–Crippen LogP) is 3.14. The number of aliphatic carboxylic acids is 1. The summed E-state index contributed by atoms with van der Waals surface area (Å²) in [7, 11) is 1.62. The van der Waals surface area contributed by atoms with E-state index in [2.05, 4.69) is 0 Å². The highest BCUT2D eigenvalue weighted by atomic mass is 16.5. The summed E-state index contributed by atoms with van der Waals surface area (Å²) in [6.45, 7) is 3.86. The van der Waals surface area contributed by atoms with Gasteiger partial charge in [0.2, 0.25) is 0 Å². The van der Waals surface area contributed by atoms with E-state index in [4.69, 9.17) is 9.84 Å². The van der Waals surface area contributed by atoms with Crippen LogP contribution in [-0.4, -0.2) is 18.2 Å². The van der Waals surface area contributed by atoms with E-state index < -0.39 is 5.97 Å². The van der Waals surface area contributed by atoms with Gasteiger partial charge in [-0.2, -0.15) is 0 Å². The van der Waals surface area contributed by atoms with E-state index in [9.17, 15) is 4.79 Å². The Hall–Kier alpha value is -1.77. The van der Waals surface area contributed by atoms with Crippen molar-refractivity contribution < 1.29 is 14.6 Å². The van der Waals surface area contributed by atoms with Crippen molar-refractivity contribution in [2.75, 3.05) is 7.11 Å². The molecule has 1 atom stereocenters. The van der Waals surface area contributed by atoms with Crippen LogP contribution in [-0.2, 0) is 4.79 Å². The van der Waals surface area contributed by atoms with Crippen molar-refractivity contribution >= 4 is 5.97 Å². The smallest absolute Gasteiger partial charge is 0.304 e. The summed E-state index contributed by atoms with van der Waals surface area (Å²) in [6, 6.07) is 5.72. The molecule has 3 nitrogen and oxygen atoms in total. The maximum atomic E-state index is 10.8. The fraction of sp³-hybridized carbons (Fsp3) is 0.357. The second-order valence-corrected chi connectivity index (χ2v) is 3.95. The molecule has 0 aromatic heterocycles. The van der Waals surface area contributed by atoms with Crippen molar-refractivity contribution in [3.05, 3.63) is 41.5 Å². The lowest BCUT2D eigenvalue weighted by Crippen LogP contribution is -2.05. The first-order chi connectivity index (χ1) is 8.08. The van der Waals surface area contributed by atoms with Gasteiger partial charge >= 0.3 is 5.97 Å². The summed E-state index contributed by atoms with van der Waals surface area (Å²) in [5, 5.41) is 8.90. The zero-order valence-electron chi connectivity index (χ0n) is 10.4. The largest absolute Gasteiger partial charge is 0.497 e. The van der Waals surface area contributed by atoms with E-state index in [0.29, 0.717) is 0 Å². The molecule has 0 amide bonds. The summed E-state index contributed by atoms with van der Waals surface area (Å²) in [5.74, 6) is -0.0764. The molecule has 0 bridgehead atoms. The van der Waals surface area contributed by atoms with Gasteiger partial charge in [-0.1, -0.05) is 18.2 Å². The third-order valence-electron chi connectivity index (χ3n) is 2.70. The molecular formula is C14H18O3. The molecule has 0 heterocycles. The first-order valence-corrected chi connectivity index (χ1v) is 5.57. The van der Waals surface area contributed by atoms with Crippen molar-refractivity contribution in [1.29, 1.82) is 0 Å². The predicted molar refractivity (Wildman–Crippen MR) is 67.5 cm³/mol. The van der Waals surface area contributed by atoms with E-state index in [-0.39, 0.29) is 12.3 Å². The van der Waals surface area contributed by atoms with Crippen LogP contribution in [0.4, 0.5) is 0 Å². The fourth-order valence-electron chi connectivity index (χ4n) is 1.89. The third kappa shape index (κ3) is 3.63. The Bertz CT molecular complexity index is 421. The normalized spacial score (nSPS) is 12.6. The maximum Gasteiger partial charge on any atom is 0.304 e. The Morgan fingerprint density at radius 1 is 1.53 bits per heavy atom. The first-order valence-electron chi connectivity index (χ1n) is 5.57. The lowest BCUT2D eigenvalue weighted by atomic mass is 9.91. The number of hydrogen-bond acceptors (Lipinski definition) is 2. The Morgan fingerprint density at radius 2 is 2.24 bits per heavy atom. The van der Waals surface area contributed by atoms with Gasteiger partial charge in [0, 0.05) is 5.92 Å². The highest BCUT2D eigenvalue weighted by molar-refractivity contribution is 5.68. The number of carbonyl (C=O) groups is 1. The van der Waals surface area contributed by atoms with Crippen LogP contribution in [0.15, 0.2) is 30.4 Å². The number of carboxylic acid groups (broad SMARTS) is 1.